The van der Waals surface area contributed by atoms with Crippen LogP contribution < -0.4 is 5.32 Å². The highest BCUT2D eigenvalue weighted by Gasteiger charge is 2.16. The van der Waals surface area contributed by atoms with Crippen molar-refractivity contribution in [2.24, 2.45) is 0 Å². The van der Waals surface area contributed by atoms with Gasteiger partial charge < -0.3 is 15.1 Å². The zero-order chi connectivity index (χ0) is 12.7. The average Bonchev–Trinajstić information content (AvgIpc) is 2.78. The molecule has 1 fully saturated rings. The van der Waals surface area contributed by atoms with Crippen molar-refractivity contribution in [3.05, 3.63) is 0 Å². The first-order valence-electron chi connectivity index (χ1n) is 7.18. The Labute approximate surface area is 108 Å². The van der Waals surface area contributed by atoms with Gasteiger partial charge in [0, 0.05) is 18.6 Å². The van der Waals surface area contributed by atoms with Crippen molar-refractivity contribution in [3.8, 4) is 0 Å². The Morgan fingerprint density at radius 3 is 2.35 bits per heavy atom. The third-order valence-corrected chi connectivity index (χ3v) is 3.93. The quantitative estimate of drug-likeness (QED) is 0.699. The fourth-order valence-corrected chi connectivity index (χ4v) is 2.48. The molecule has 1 rings (SSSR count). The van der Waals surface area contributed by atoms with E-state index >= 15 is 0 Å². The molecule has 0 spiro atoms. The van der Waals surface area contributed by atoms with Crippen LogP contribution in [0, 0.1) is 0 Å². The summed E-state index contributed by atoms with van der Waals surface area (Å²) in [6, 6.07) is 1.45. The Morgan fingerprint density at radius 1 is 1.12 bits per heavy atom. The lowest BCUT2D eigenvalue weighted by Crippen LogP contribution is -2.41. The van der Waals surface area contributed by atoms with Crippen molar-refractivity contribution < 1.29 is 0 Å². The topological polar surface area (TPSA) is 18.5 Å². The third-order valence-electron chi connectivity index (χ3n) is 3.93. The predicted octanol–water partition coefficient (Wildman–Crippen LogP) is 1.79. The van der Waals surface area contributed by atoms with Crippen LogP contribution in [0.25, 0.3) is 0 Å². The summed E-state index contributed by atoms with van der Waals surface area (Å²) in [4.78, 5) is 4.74. The Kier molecular flexibility index (Phi) is 7.09. The third kappa shape index (κ3) is 6.39. The van der Waals surface area contributed by atoms with E-state index in [0.29, 0.717) is 6.04 Å². The number of hydrogen-bond acceptors (Lipinski definition) is 3. The van der Waals surface area contributed by atoms with Gasteiger partial charge in [-0.15, -0.1) is 0 Å². The van der Waals surface area contributed by atoms with Gasteiger partial charge in [0.05, 0.1) is 0 Å². The van der Waals surface area contributed by atoms with Crippen molar-refractivity contribution in [1.82, 2.24) is 15.1 Å². The summed E-state index contributed by atoms with van der Waals surface area (Å²) in [5.74, 6) is 0. The van der Waals surface area contributed by atoms with Gasteiger partial charge in [0.1, 0.15) is 0 Å². The largest absolute Gasteiger partial charge is 0.312 e. The van der Waals surface area contributed by atoms with E-state index < -0.39 is 0 Å². The molecule has 1 aliphatic rings. The lowest BCUT2D eigenvalue weighted by atomic mass is 10.2. The van der Waals surface area contributed by atoms with Gasteiger partial charge in [-0.25, -0.2) is 0 Å². The molecule has 0 aromatic heterocycles. The summed E-state index contributed by atoms with van der Waals surface area (Å²) in [7, 11) is 6.53. The molecule has 17 heavy (non-hydrogen) atoms. The molecule has 1 unspecified atom stereocenters. The van der Waals surface area contributed by atoms with Crippen LogP contribution in [0.3, 0.4) is 0 Å². The van der Waals surface area contributed by atoms with Crippen LogP contribution in [0.15, 0.2) is 0 Å². The second kappa shape index (κ2) is 8.06. The van der Waals surface area contributed by atoms with Crippen LogP contribution >= 0.6 is 0 Å². The molecule has 1 aliphatic carbocycles. The summed E-state index contributed by atoms with van der Waals surface area (Å²) in [5.41, 5.74) is 0. The second-order valence-electron chi connectivity index (χ2n) is 5.88. The minimum atomic E-state index is 0.651. The Morgan fingerprint density at radius 2 is 1.76 bits per heavy atom. The van der Waals surface area contributed by atoms with Gasteiger partial charge in [0.25, 0.3) is 0 Å². The summed E-state index contributed by atoms with van der Waals surface area (Å²) < 4.78 is 0. The summed E-state index contributed by atoms with van der Waals surface area (Å²) in [6.07, 6.45) is 6.88. The van der Waals surface area contributed by atoms with Gasteiger partial charge in [-0.2, -0.15) is 0 Å². The number of hydrogen-bond donors (Lipinski definition) is 1. The van der Waals surface area contributed by atoms with Gasteiger partial charge in [0.15, 0.2) is 0 Å². The minimum absolute atomic E-state index is 0.651. The Hall–Kier alpha value is -0.120. The van der Waals surface area contributed by atoms with Crippen molar-refractivity contribution in [1.29, 1.82) is 0 Å². The highest BCUT2D eigenvalue weighted by atomic mass is 15.2. The summed E-state index contributed by atoms with van der Waals surface area (Å²) in [6.45, 7) is 5.86. The normalized spacial score (nSPS) is 19.4. The molecule has 0 bridgehead atoms. The molecule has 1 saturated carbocycles. The van der Waals surface area contributed by atoms with Crippen LogP contribution in [0.1, 0.15) is 39.0 Å². The number of likely N-dealkylation sites (N-methyl/N-ethyl adjacent to an activating group) is 1. The molecule has 0 radical (unpaired) electrons. The van der Waals surface area contributed by atoms with Gasteiger partial charge >= 0.3 is 0 Å². The molecule has 0 aliphatic heterocycles. The fraction of sp³-hybridized carbons (Fsp3) is 1.00. The van der Waals surface area contributed by atoms with Crippen LogP contribution in [0.5, 0.6) is 0 Å². The SMILES string of the molecule is CC(CNC1CCCC1)N(C)CCCN(C)C. The molecule has 0 aromatic carbocycles. The first-order chi connectivity index (χ1) is 8.09. The smallest absolute Gasteiger partial charge is 0.0189 e. The van der Waals surface area contributed by atoms with E-state index in [2.05, 4.69) is 43.2 Å². The van der Waals surface area contributed by atoms with E-state index in [1.807, 2.05) is 0 Å². The maximum atomic E-state index is 3.71. The van der Waals surface area contributed by atoms with E-state index in [1.54, 1.807) is 0 Å². The lowest BCUT2D eigenvalue weighted by Gasteiger charge is -2.27. The molecule has 0 aromatic rings. The molecule has 1 N–H and O–H groups in total. The highest BCUT2D eigenvalue weighted by Crippen LogP contribution is 2.17. The van der Waals surface area contributed by atoms with Crippen LogP contribution in [-0.4, -0.2) is 62.7 Å². The fourth-order valence-electron chi connectivity index (χ4n) is 2.48. The molecule has 0 heterocycles. The average molecular weight is 241 g/mol. The van der Waals surface area contributed by atoms with Crippen molar-refractivity contribution in [2.45, 2.75) is 51.1 Å². The summed E-state index contributed by atoms with van der Waals surface area (Å²) in [5, 5.41) is 3.71. The minimum Gasteiger partial charge on any atom is -0.312 e. The monoisotopic (exact) mass is 241 g/mol. The van der Waals surface area contributed by atoms with Crippen molar-refractivity contribution in [3.63, 3.8) is 0 Å². The molecule has 3 nitrogen and oxygen atoms in total. The van der Waals surface area contributed by atoms with E-state index in [0.717, 1.165) is 12.6 Å². The van der Waals surface area contributed by atoms with Crippen molar-refractivity contribution >= 4 is 0 Å². The first-order valence-corrected chi connectivity index (χ1v) is 7.18. The highest BCUT2D eigenvalue weighted by molar-refractivity contribution is 4.76. The van der Waals surface area contributed by atoms with Crippen molar-refractivity contribution in [2.75, 3.05) is 40.8 Å². The predicted molar refractivity (Wildman–Crippen MR) is 75.5 cm³/mol. The van der Waals surface area contributed by atoms with Crippen LogP contribution in [-0.2, 0) is 0 Å². The zero-order valence-electron chi connectivity index (χ0n) is 12.2. The first kappa shape index (κ1) is 14.9. The van der Waals surface area contributed by atoms with E-state index in [-0.39, 0.29) is 0 Å². The van der Waals surface area contributed by atoms with Crippen LogP contribution in [0.4, 0.5) is 0 Å². The van der Waals surface area contributed by atoms with E-state index in [1.165, 1.54) is 45.2 Å². The molecule has 3 heteroatoms. The number of nitrogens with one attached hydrogen (secondary N) is 1. The summed E-state index contributed by atoms with van der Waals surface area (Å²) >= 11 is 0. The van der Waals surface area contributed by atoms with E-state index in [4.69, 9.17) is 0 Å². The second-order valence-corrected chi connectivity index (χ2v) is 5.88. The van der Waals surface area contributed by atoms with Crippen LogP contribution in [0.2, 0.25) is 0 Å². The number of rotatable bonds is 8. The number of nitrogens with zero attached hydrogens (tertiary/aromatic N) is 2. The van der Waals surface area contributed by atoms with Gasteiger partial charge in [-0.1, -0.05) is 12.8 Å². The molecule has 102 valence electrons. The molecule has 1 atom stereocenters. The molecule has 0 saturated heterocycles. The van der Waals surface area contributed by atoms with Gasteiger partial charge in [-0.05, 0) is 60.4 Å². The Balaban J connectivity index is 2.06. The maximum Gasteiger partial charge on any atom is 0.0189 e. The zero-order valence-corrected chi connectivity index (χ0v) is 12.2. The van der Waals surface area contributed by atoms with Gasteiger partial charge in [0.2, 0.25) is 0 Å². The molecular formula is C14H31N3. The standard InChI is InChI=1S/C14H31N3/c1-13(12-15-14-8-5-6-9-14)17(4)11-7-10-16(2)3/h13-15H,5-12H2,1-4H3. The maximum absolute atomic E-state index is 3.71. The molecule has 0 amide bonds. The van der Waals surface area contributed by atoms with E-state index in [9.17, 15) is 0 Å². The lowest BCUT2D eigenvalue weighted by molar-refractivity contribution is 0.231. The van der Waals surface area contributed by atoms with Gasteiger partial charge in [-0.3, -0.25) is 0 Å². The Bertz CT molecular complexity index is 188. The molecular weight excluding hydrogens is 210 g/mol.